The van der Waals surface area contributed by atoms with Crippen LogP contribution in [-0.2, 0) is 6.54 Å². The van der Waals surface area contributed by atoms with Gasteiger partial charge in [0, 0.05) is 43.6 Å². The van der Waals surface area contributed by atoms with Gasteiger partial charge in [0.2, 0.25) is 0 Å². The molecule has 0 bridgehead atoms. The smallest absolute Gasteiger partial charge is 0.297 e. The maximum absolute atomic E-state index is 12.1. The number of hydrogen-bond acceptors (Lipinski definition) is 5. The molecular weight excluding hydrogens is 354 g/mol. The Morgan fingerprint density at radius 1 is 1.07 bits per heavy atom. The summed E-state index contributed by atoms with van der Waals surface area (Å²) in [5.41, 5.74) is 2.70. The van der Waals surface area contributed by atoms with E-state index >= 15 is 0 Å². The average Bonchev–Trinajstić information content (AvgIpc) is 2.72. The summed E-state index contributed by atoms with van der Waals surface area (Å²) in [5, 5.41) is 0. The first-order valence-corrected chi connectivity index (χ1v) is 9.52. The van der Waals surface area contributed by atoms with E-state index in [4.69, 9.17) is 4.98 Å². The van der Waals surface area contributed by atoms with Crippen LogP contribution in [-0.4, -0.2) is 37.5 Å². The molecule has 1 saturated heterocycles. The fraction of sp³-hybridized carbons (Fsp3) is 0.333. The van der Waals surface area contributed by atoms with Crippen LogP contribution in [0.25, 0.3) is 11.4 Å². The maximum Gasteiger partial charge on any atom is 0.328 e. The number of aromatic amines is 1. The third-order valence-corrected chi connectivity index (χ3v) is 5.22. The third kappa shape index (κ3) is 3.94. The van der Waals surface area contributed by atoms with Crippen molar-refractivity contribution in [2.45, 2.75) is 32.4 Å². The number of pyridine rings is 2. The Morgan fingerprint density at radius 3 is 2.61 bits per heavy atom. The van der Waals surface area contributed by atoms with Crippen LogP contribution in [0.4, 0.5) is 0 Å². The van der Waals surface area contributed by atoms with E-state index in [1.807, 2.05) is 36.4 Å². The number of aromatic nitrogens is 4. The molecule has 0 aliphatic carbocycles. The van der Waals surface area contributed by atoms with Gasteiger partial charge in [0.15, 0.2) is 0 Å². The van der Waals surface area contributed by atoms with Crippen molar-refractivity contribution in [3.63, 3.8) is 0 Å². The maximum atomic E-state index is 12.1. The highest BCUT2D eigenvalue weighted by Gasteiger charge is 2.22. The van der Waals surface area contributed by atoms with Gasteiger partial charge in [-0.3, -0.25) is 24.2 Å². The van der Waals surface area contributed by atoms with Crippen molar-refractivity contribution in [2.75, 3.05) is 13.1 Å². The van der Waals surface area contributed by atoms with Gasteiger partial charge in [-0.2, -0.15) is 0 Å². The van der Waals surface area contributed by atoms with Gasteiger partial charge in [0.05, 0.1) is 17.1 Å². The summed E-state index contributed by atoms with van der Waals surface area (Å²) >= 11 is 0. The SMILES string of the molecule is Cc1cn(C2CCN(Cc3cccc(-c4ccccn4)n3)CC2)c(=O)[nH]c1=O. The van der Waals surface area contributed by atoms with Crippen molar-refractivity contribution >= 4 is 0 Å². The molecule has 0 spiro atoms. The van der Waals surface area contributed by atoms with E-state index in [0.29, 0.717) is 5.56 Å². The molecule has 7 nitrogen and oxygen atoms in total. The monoisotopic (exact) mass is 377 g/mol. The Labute approximate surface area is 162 Å². The largest absolute Gasteiger partial charge is 0.328 e. The highest BCUT2D eigenvalue weighted by molar-refractivity contribution is 5.53. The predicted molar refractivity (Wildman–Crippen MR) is 107 cm³/mol. The molecule has 0 radical (unpaired) electrons. The van der Waals surface area contributed by atoms with E-state index in [9.17, 15) is 9.59 Å². The predicted octanol–water partition coefficient (Wildman–Crippen LogP) is 2.14. The van der Waals surface area contributed by atoms with Crippen LogP contribution in [0.1, 0.15) is 30.1 Å². The summed E-state index contributed by atoms with van der Waals surface area (Å²) in [6.07, 6.45) is 5.19. The number of piperidine rings is 1. The van der Waals surface area contributed by atoms with E-state index in [-0.39, 0.29) is 17.3 Å². The molecule has 7 heteroatoms. The van der Waals surface area contributed by atoms with Gasteiger partial charge in [-0.05, 0) is 44.0 Å². The first-order valence-electron chi connectivity index (χ1n) is 9.52. The molecule has 1 aliphatic rings. The van der Waals surface area contributed by atoms with Gasteiger partial charge < -0.3 is 0 Å². The van der Waals surface area contributed by atoms with Crippen LogP contribution < -0.4 is 11.2 Å². The fourth-order valence-electron chi connectivity index (χ4n) is 3.67. The number of aryl methyl sites for hydroxylation is 1. The molecule has 3 aromatic rings. The highest BCUT2D eigenvalue weighted by Crippen LogP contribution is 2.22. The van der Waals surface area contributed by atoms with Gasteiger partial charge in [0.1, 0.15) is 0 Å². The van der Waals surface area contributed by atoms with Crippen molar-refractivity contribution in [1.29, 1.82) is 0 Å². The summed E-state index contributed by atoms with van der Waals surface area (Å²) in [4.78, 5) is 37.6. The molecule has 0 saturated carbocycles. The van der Waals surface area contributed by atoms with Crippen LogP contribution in [0.15, 0.2) is 58.4 Å². The number of H-pyrrole nitrogens is 1. The van der Waals surface area contributed by atoms with Crippen LogP contribution in [0.2, 0.25) is 0 Å². The van der Waals surface area contributed by atoms with Gasteiger partial charge in [-0.25, -0.2) is 9.78 Å². The standard InChI is InChI=1S/C21H23N5O2/c1-15-13-26(21(28)24-20(15)27)17-8-11-25(12-9-17)14-16-5-4-7-19(23-16)18-6-2-3-10-22-18/h2-7,10,13,17H,8-9,11-12,14H2,1H3,(H,24,27,28). The second kappa shape index (κ2) is 7.90. The Morgan fingerprint density at radius 2 is 1.86 bits per heavy atom. The van der Waals surface area contributed by atoms with E-state index in [1.54, 1.807) is 23.9 Å². The summed E-state index contributed by atoms with van der Waals surface area (Å²) in [6, 6.07) is 12.0. The quantitative estimate of drug-likeness (QED) is 0.753. The van der Waals surface area contributed by atoms with E-state index in [2.05, 4.69) is 14.9 Å². The summed E-state index contributed by atoms with van der Waals surface area (Å²) in [5.74, 6) is 0. The molecule has 144 valence electrons. The molecular formula is C21H23N5O2. The first kappa shape index (κ1) is 18.3. The first-order chi connectivity index (χ1) is 13.6. The number of nitrogens with one attached hydrogen (secondary N) is 1. The van der Waals surface area contributed by atoms with Crippen molar-refractivity contribution in [3.8, 4) is 11.4 Å². The van der Waals surface area contributed by atoms with Crippen LogP contribution in [0, 0.1) is 6.92 Å². The Kier molecular flexibility index (Phi) is 5.16. The molecule has 4 heterocycles. The lowest BCUT2D eigenvalue weighted by Gasteiger charge is -2.32. The van der Waals surface area contributed by atoms with Gasteiger partial charge in [-0.15, -0.1) is 0 Å². The van der Waals surface area contributed by atoms with Crippen molar-refractivity contribution in [3.05, 3.63) is 80.9 Å². The van der Waals surface area contributed by atoms with Crippen molar-refractivity contribution in [1.82, 2.24) is 24.4 Å². The zero-order valence-corrected chi connectivity index (χ0v) is 15.8. The van der Waals surface area contributed by atoms with E-state index in [1.165, 1.54) is 0 Å². The van der Waals surface area contributed by atoms with Crippen LogP contribution >= 0.6 is 0 Å². The molecule has 0 atom stereocenters. The number of hydrogen-bond donors (Lipinski definition) is 1. The van der Waals surface area contributed by atoms with Gasteiger partial charge >= 0.3 is 5.69 Å². The average molecular weight is 377 g/mol. The zero-order valence-electron chi connectivity index (χ0n) is 15.8. The van der Waals surface area contributed by atoms with Crippen molar-refractivity contribution < 1.29 is 0 Å². The number of nitrogens with zero attached hydrogens (tertiary/aromatic N) is 4. The lowest BCUT2D eigenvalue weighted by atomic mass is 10.0. The molecule has 28 heavy (non-hydrogen) atoms. The third-order valence-electron chi connectivity index (χ3n) is 5.22. The number of likely N-dealkylation sites (tertiary alicyclic amines) is 1. The van der Waals surface area contributed by atoms with Gasteiger partial charge in [-0.1, -0.05) is 12.1 Å². The van der Waals surface area contributed by atoms with E-state index in [0.717, 1.165) is 49.6 Å². The Balaban J connectivity index is 1.42. The topological polar surface area (TPSA) is 83.9 Å². The number of rotatable bonds is 4. The minimum Gasteiger partial charge on any atom is -0.297 e. The minimum atomic E-state index is -0.321. The summed E-state index contributed by atoms with van der Waals surface area (Å²) in [6.45, 7) is 4.26. The molecule has 1 fully saturated rings. The lowest BCUT2D eigenvalue weighted by Crippen LogP contribution is -2.39. The molecule has 3 aromatic heterocycles. The van der Waals surface area contributed by atoms with Crippen molar-refractivity contribution in [2.24, 2.45) is 0 Å². The Bertz CT molecular complexity index is 1070. The highest BCUT2D eigenvalue weighted by atomic mass is 16.2. The minimum absolute atomic E-state index is 0.118. The Hall–Kier alpha value is -3.06. The molecule has 4 rings (SSSR count). The second-order valence-corrected chi connectivity index (χ2v) is 7.22. The van der Waals surface area contributed by atoms with Gasteiger partial charge in [0.25, 0.3) is 5.56 Å². The zero-order chi connectivity index (χ0) is 19.5. The lowest BCUT2D eigenvalue weighted by molar-refractivity contribution is 0.175. The normalized spacial score (nSPS) is 15.6. The fourth-order valence-corrected chi connectivity index (χ4v) is 3.67. The molecule has 1 N–H and O–H groups in total. The molecule has 1 aliphatic heterocycles. The van der Waals surface area contributed by atoms with E-state index < -0.39 is 0 Å². The summed E-state index contributed by atoms with van der Waals surface area (Å²) < 4.78 is 1.67. The second-order valence-electron chi connectivity index (χ2n) is 7.22. The molecule has 0 amide bonds. The molecule has 0 unspecified atom stereocenters. The molecule has 0 aromatic carbocycles. The van der Waals surface area contributed by atoms with Crippen LogP contribution in [0.3, 0.4) is 0 Å². The van der Waals surface area contributed by atoms with Crippen LogP contribution in [0.5, 0.6) is 0 Å². The summed E-state index contributed by atoms with van der Waals surface area (Å²) in [7, 11) is 0.